The molecular weight excluding hydrogens is 405 g/mol. The maximum Gasteiger partial charge on any atom is 0.251 e. The molecule has 0 spiro atoms. The normalized spacial score (nSPS) is 15.9. The molecule has 3 N–H and O–H groups in total. The van der Waals surface area contributed by atoms with Crippen LogP contribution in [0.15, 0.2) is 48.7 Å². The Morgan fingerprint density at radius 2 is 2.00 bits per heavy atom. The quantitative estimate of drug-likeness (QED) is 0.445. The van der Waals surface area contributed by atoms with Gasteiger partial charge in [-0.3, -0.25) is 14.9 Å². The van der Waals surface area contributed by atoms with Crippen molar-refractivity contribution >= 4 is 16.8 Å². The molecule has 0 radical (unpaired) electrons. The molecule has 1 amide bonds. The Bertz CT molecular complexity index is 1280. The highest BCUT2D eigenvalue weighted by Crippen LogP contribution is 2.34. The van der Waals surface area contributed by atoms with Gasteiger partial charge >= 0.3 is 0 Å². The maximum absolute atomic E-state index is 15.2. The van der Waals surface area contributed by atoms with Crippen molar-refractivity contribution in [3.8, 4) is 22.5 Å². The third-order valence-electron chi connectivity index (χ3n) is 6.12. The van der Waals surface area contributed by atoms with Crippen LogP contribution in [0.3, 0.4) is 0 Å². The molecule has 1 saturated heterocycles. The van der Waals surface area contributed by atoms with Gasteiger partial charge in [0.15, 0.2) is 0 Å². The molecule has 5 rings (SSSR count). The van der Waals surface area contributed by atoms with E-state index in [1.807, 2.05) is 25.1 Å². The Morgan fingerprint density at radius 3 is 2.69 bits per heavy atom. The lowest BCUT2D eigenvalue weighted by atomic mass is 9.96. The number of carbonyl (C=O) groups is 1. The van der Waals surface area contributed by atoms with E-state index >= 15 is 4.39 Å². The van der Waals surface area contributed by atoms with Crippen LogP contribution in [0.1, 0.15) is 40.4 Å². The second-order valence-corrected chi connectivity index (χ2v) is 8.19. The maximum atomic E-state index is 15.2. The number of H-pyrrole nitrogens is 1. The van der Waals surface area contributed by atoms with Crippen LogP contribution in [0.5, 0.6) is 0 Å². The number of nitrogens with one attached hydrogen (secondary N) is 3. The summed E-state index contributed by atoms with van der Waals surface area (Å²) >= 11 is 0. The molecule has 1 atom stereocenters. The van der Waals surface area contributed by atoms with Crippen LogP contribution in [0, 0.1) is 12.7 Å². The highest BCUT2D eigenvalue weighted by atomic mass is 19.1. The summed E-state index contributed by atoms with van der Waals surface area (Å²) in [4.78, 5) is 16.3. The molecule has 1 aliphatic heterocycles. The number of pyridine rings is 1. The number of hydrogen-bond donors (Lipinski definition) is 3. The van der Waals surface area contributed by atoms with Gasteiger partial charge in [0.1, 0.15) is 11.5 Å². The molecule has 0 saturated carbocycles. The number of fused-ring (bicyclic) bond motifs is 1. The van der Waals surface area contributed by atoms with E-state index < -0.39 is 0 Å². The van der Waals surface area contributed by atoms with Gasteiger partial charge in [-0.15, -0.1) is 0 Å². The summed E-state index contributed by atoms with van der Waals surface area (Å²) in [5, 5.41) is 14.3. The van der Waals surface area contributed by atoms with Gasteiger partial charge in [0.2, 0.25) is 0 Å². The van der Waals surface area contributed by atoms with Crippen LogP contribution < -0.4 is 10.6 Å². The minimum Gasteiger partial charge on any atom is -0.355 e. The van der Waals surface area contributed by atoms with Crippen molar-refractivity contribution in [1.82, 2.24) is 25.8 Å². The summed E-state index contributed by atoms with van der Waals surface area (Å²) in [7, 11) is 1.60. The summed E-state index contributed by atoms with van der Waals surface area (Å²) in [6.45, 7) is 2.90. The van der Waals surface area contributed by atoms with Gasteiger partial charge in [-0.05, 0) is 61.7 Å². The molecule has 162 valence electrons. The number of amides is 1. The lowest BCUT2D eigenvalue weighted by molar-refractivity contribution is 0.0963. The molecule has 1 fully saturated rings. The third-order valence-corrected chi connectivity index (χ3v) is 6.12. The number of aryl methyl sites for hydroxylation is 1. The van der Waals surface area contributed by atoms with Crippen molar-refractivity contribution in [1.29, 1.82) is 0 Å². The Kier molecular flexibility index (Phi) is 5.19. The first-order valence-electron chi connectivity index (χ1n) is 10.8. The van der Waals surface area contributed by atoms with E-state index in [4.69, 9.17) is 0 Å². The van der Waals surface area contributed by atoms with Gasteiger partial charge < -0.3 is 10.6 Å². The molecule has 0 aliphatic carbocycles. The first kappa shape index (κ1) is 20.3. The van der Waals surface area contributed by atoms with E-state index in [2.05, 4.69) is 31.9 Å². The average molecular weight is 429 g/mol. The Morgan fingerprint density at radius 1 is 1.19 bits per heavy atom. The Labute approximate surface area is 185 Å². The number of hydrogen-bond acceptors (Lipinski definition) is 4. The molecule has 7 heteroatoms. The minimum absolute atomic E-state index is 0.142. The minimum atomic E-state index is -0.263. The van der Waals surface area contributed by atoms with E-state index in [1.165, 1.54) is 0 Å². The van der Waals surface area contributed by atoms with Crippen LogP contribution in [0.4, 0.5) is 4.39 Å². The number of benzene rings is 2. The zero-order valence-electron chi connectivity index (χ0n) is 18.0. The van der Waals surface area contributed by atoms with Crippen LogP contribution in [0.25, 0.3) is 33.4 Å². The van der Waals surface area contributed by atoms with Crippen molar-refractivity contribution in [2.24, 2.45) is 0 Å². The first-order chi connectivity index (χ1) is 15.5. The number of nitrogens with zero attached hydrogens (tertiary/aromatic N) is 2. The first-order valence-corrected chi connectivity index (χ1v) is 10.8. The van der Waals surface area contributed by atoms with E-state index in [0.29, 0.717) is 16.8 Å². The molecule has 4 aromatic rings. The lowest BCUT2D eigenvalue weighted by Gasteiger charge is -2.15. The predicted octanol–water partition coefficient (Wildman–Crippen LogP) is 4.52. The summed E-state index contributed by atoms with van der Waals surface area (Å²) in [5.41, 5.74) is 5.87. The molecule has 3 heterocycles. The topological polar surface area (TPSA) is 82.7 Å². The van der Waals surface area contributed by atoms with Crippen molar-refractivity contribution in [3.05, 3.63) is 71.2 Å². The second-order valence-electron chi connectivity index (χ2n) is 8.19. The van der Waals surface area contributed by atoms with Gasteiger partial charge in [-0.2, -0.15) is 5.10 Å². The summed E-state index contributed by atoms with van der Waals surface area (Å²) in [6.07, 6.45) is 3.82. The standard InChI is InChI=1S/C25H24FN5O/c1-14-10-17(20-4-3-9-28-20)11-19(26)23(14)21-12-18-22(13-29-21)30-31-24(18)15-5-7-16(8-6-15)25(32)27-2/h5-8,10-13,20,28H,3-4,9H2,1-2H3,(H,27,32)(H,30,31). The van der Waals surface area contributed by atoms with E-state index in [9.17, 15) is 4.79 Å². The van der Waals surface area contributed by atoms with Gasteiger partial charge in [-0.1, -0.05) is 18.2 Å². The number of halogens is 1. The van der Waals surface area contributed by atoms with E-state index in [-0.39, 0.29) is 17.8 Å². The number of carbonyl (C=O) groups excluding carboxylic acids is 1. The highest BCUT2D eigenvalue weighted by Gasteiger charge is 2.20. The second kappa shape index (κ2) is 8.16. The molecule has 32 heavy (non-hydrogen) atoms. The van der Waals surface area contributed by atoms with Crippen LogP contribution >= 0.6 is 0 Å². The SMILES string of the molecule is CNC(=O)c1ccc(-c2n[nH]c3cnc(-c4c(C)cc(C5CCCN5)cc4F)cc23)cc1. The van der Waals surface area contributed by atoms with Gasteiger partial charge in [0, 0.05) is 35.2 Å². The van der Waals surface area contributed by atoms with Crippen LogP contribution in [-0.2, 0) is 0 Å². The molecule has 2 aromatic heterocycles. The molecule has 0 bridgehead atoms. The fourth-order valence-electron chi connectivity index (χ4n) is 4.46. The highest BCUT2D eigenvalue weighted by molar-refractivity contribution is 5.97. The van der Waals surface area contributed by atoms with Gasteiger partial charge in [0.25, 0.3) is 5.91 Å². The number of aromatic nitrogens is 3. The van der Waals surface area contributed by atoms with Crippen molar-refractivity contribution in [2.75, 3.05) is 13.6 Å². The monoisotopic (exact) mass is 429 g/mol. The smallest absolute Gasteiger partial charge is 0.251 e. The number of aromatic amines is 1. The largest absolute Gasteiger partial charge is 0.355 e. The van der Waals surface area contributed by atoms with Gasteiger partial charge in [0.05, 0.1) is 17.4 Å². The van der Waals surface area contributed by atoms with Crippen LogP contribution in [0.2, 0.25) is 0 Å². The summed E-state index contributed by atoms with van der Waals surface area (Å²) in [5.74, 6) is -0.405. The number of rotatable bonds is 4. The lowest BCUT2D eigenvalue weighted by Crippen LogP contribution is -2.17. The zero-order valence-corrected chi connectivity index (χ0v) is 18.0. The molecule has 2 aromatic carbocycles. The Hall–Kier alpha value is -3.58. The summed E-state index contributed by atoms with van der Waals surface area (Å²) in [6, 6.07) is 13.0. The van der Waals surface area contributed by atoms with Crippen molar-refractivity contribution in [3.63, 3.8) is 0 Å². The summed E-state index contributed by atoms with van der Waals surface area (Å²) < 4.78 is 15.2. The molecule has 6 nitrogen and oxygen atoms in total. The third kappa shape index (κ3) is 3.54. The average Bonchev–Trinajstić information content (AvgIpc) is 3.48. The van der Waals surface area contributed by atoms with Crippen molar-refractivity contribution in [2.45, 2.75) is 25.8 Å². The molecular formula is C25H24FN5O. The Balaban J connectivity index is 1.55. The fraction of sp³-hybridized carbons (Fsp3) is 0.240. The van der Waals surface area contributed by atoms with Crippen LogP contribution in [-0.4, -0.2) is 34.7 Å². The predicted molar refractivity (Wildman–Crippen MR) is 123 cm³/mol. The van der Waals surface area contributed by atoms with Crippen molar-refractivity contribution < 1.29 is 9.18 Å². The van der Waals surface area contributed by atoms with Gasteiger partial charge in [-0.25, -0.2) is 4.39 Å². The molecule has 1 aliphatic rings. The zero-order chi connectivity index (χ0) is 22.2. The molecule has 1 unspecified atom stereocenters. The fourth-order valence-corrected chi connectivity index (χ4v) is 4.46. The van der Waals surface area contributed by atoms with E-state index in [0.717, 1.165) is 52.7 Å². The van der Waals surface area contributed by atoms with E-state index in [1.54, 1.807) is 31.4 Å².